The predicted octanol–water partition coefficient (Wildman–Crippen LogP) is 4.00. The molecule has 0 aliphatic rings. The number of halogens is 1. The summed E-state index contributed by atoms with van der Waals surface area (Å²) < 4.78 is 0. The molecule has 38 heavy (non-hydrogen) atoms. The van der Waals surface area contributed by atoms with Gasteiger partial charge in [0.15, 0.2) is 11.6 Å². The van der Waals surface area contributed by atoms with E-state index < -0.39 is 7.12 Å². The molecule has 0 saturated carbocycles. The summed E-state index contributed by atoms with van der Waals surface area (Å²) in [6.07, 6.45) is 0. The van der Waals surface area contributed by atoms with Crippen molar-refractivity contribution in [2.24, 2.45) is 0 Å². The fraction of sp³-hybridized carbons (Fsp3) is 0.0714. The number of carbonyl (C=O) groups is 2. The molecule has 0 unspecified atom stereocenters. The molecular formula is C28H22BClN4O4. The SMILES string of the molecule is CC(=O)c1cccc(-c2cccc(C#N)n2)c1.CC(=O)c1cccc(B(O)O)c1.N#Cc1cccc(Cl)n1. The first-order chi connectivity index (χ1) is 18.1. The van der Waals surface area contributed by atoms with Crippen molar-refractivity contribution in [1.82, 2.24) is 9.97 Å². The molecule has 0 radical (unpaired) electrons. The monoisotopic (exact) mass is 524 g/mol. The van der Waals surface area contributed by atoms with Gasteiger partial charge in [0.1, 0.15) is 28.7 Å². The van der Waals surface area contributed by atoms with Gasteiger partial charge in [-0.1, -0.05) is 66.2 Å². The van der Waals surface area contributed by atoms with Crippen LogP contribution in [0.15, 0.2) is 84.9 Å². The van der Waals surface area contributed by atoms with Crippen molar-refractivity contribution in [3.8, 4) is 23.4 Å². The predicted molar refractivity (Wildman–Crippen MR) is 145 cm³/mol. The number of hydrogen-bond acceptors (Lipinski definition) is 8. The van der Waals surface area contributed by atoms with E-state index in [2.05, 4.69) is 9.97 Å². The highest BCUT2D eigenvalue weighted by atomic mass is 35.5. The first-order valence-electron chi connectivity index (χ1n) is 11.1. The third-order valence-electron chi connectivity index (χ3n) is 4.85. The largest absolute Gasteiger partial charge is 0.488 e. The number of Topliss-reactive ketones (excluding diaryl/α,β-unsaturated/α-hetero) is 2. The Morgan fingerprint density at radius 3 is 1.82 bits per heavy atom. The van der Waals surface area contributed by atoms with Gasteiger partial charge in [-0.05, 0) is 49.6 Å². The summed E-state index contributed by atoms with van der Waals surface area (Å²) >= 11 is 5.46. The summed E-state index contributed by atoms with van der Waals surface area (Å²) in [7, 11) is -1.51. The summed E-state index contributed by atoms with van der Waals surface area (Å²) in [6.45, 7) is 2.96. The average Bonchev–Trinajstić information content (AvgIpc) is 2.94. The maximum Gasteiger partial charge on any atom is 0.488 e. The van der Waals surface area contributed by atoms with Crippen molar-refractivity contribution in [3.05, 3.63) is 113 Å². The van der Waals surface area contributed by atoms with Crippen LogP contribution in [0.1, 0.15) is 46.0 Å². The fourth-order valence-electron chi connectivity index (χ4n) is 2.94. The summed E-state index contributed by atoms with van der Waals surface area (Å²) in [5.74, 6) is -0.0687. The molecule has 0 fully saturated rings. The van der Waals surface area contributed by atoms with E-state index in [4.69, 9.17) is 32.2 Å². The van der Waals surface area contributed by atoms with Gasteiger partial charge in [0.05, 0.1) is 5.69 Å². The maximum absolute atomic E-state index is 11.3. The van der Waals surface area contributed by atoms with Crippen LogP contribution in [0.4, 0.5) is 0 Å². The number of hydrogen-bond donors (Lipinski definition) is 2. The highest BCUT2D eigenvalue weighted by Gasteiger charge is 2.11. The molecule has 2 aromatic carbocycles. The zero-order valence-electron chi connectivity index (χ0n) is 20.5. The van der Waals surface area contributed by atoms with Gasteiger partial charge in [0.25, 0.3) is 0 Å². The number of aromatic nitrogens is 2. The molecule has 2 heterocycles. The van der Waals surface area contributed by atoms with Crippen LogP contribution in [0, 0.1) is 22.7 Å². The van der Waals surface area contributed by atoms with E-state index in [1.807, 2.05) is 30.3 Å². The smallest absolute Gasteiger partial charge is 0.423 e. The van der Waals surface area contributed by atoms with E-state index in [-0.39, 0.29) is 11.6 Å². The van der Waals surface area contributed by atoms with E-state index in [1.54, 1.807) is 60.7 Å². The molecule has 0 amide bonds. The van der Waals surface area contributed by atoms with Crippen molar-refractivity contribution in [3.63, 3.8) is 0 Å². The van der Waals surface area contributed by atoms with E-state index in [0.29, 0.717) is 38.8 Å². The summed E-state index contributed by atoms with van der Waals surface area (Å²) in [5, 5.41) is 35.0. The van der Waals surface area contributed by atoms with Gasteiger partial charge < -0.3 is 10.0 Å². The molecule has 0 aliphatic heterocycles. The quantitative estimate of drug-likeness (QED) is 0.231. The molecule has 0 saturated heterocycles. The average molecular weight is 525 g/mol. The Labute approximate surface area is 225 Å². The third-order valence-corrected chi connectivity index (χ3v) is 5.06. The summed E-state index contributed by atoms with van der Waals surface area (Å²) in [4.78, 5) is 30.0. The number of nitrogens with zero attached hydrogens (tertiary/aromatic N) is 4. The Balaban J connectivity index is 0.000000212. The summed E-state index contributed by atoms with van der Waals surface area (Å²) in [6, 6.07) is 27.5. The van der Waals surface area contributed by atoms with Crippen molar-refractivity contribution in [1.29, 1.82) is 10.5 Å². The lowest BCUT2D eigenvalue weighted by Crippen LogP contribution is -2.30. The fourth-order valence-corrected chi connectivity index (χ4v) is 3.11. The van der Waals surface area contributed by atoms with Gasteiger partial charge in [0.2, 0.25) is 0 Å². The molecule has 2 aromatic heterocycles. The Morgan fingerprint density at radius 2 is 1.29 bits per heavy atom. The van der Waals surface area contributed by atoms with E-state index in [9.17, 15) is 9.59 Å². The van der Waals surface area contributed by atoms with Gasteiger partial charge in [0, 0.05) is 16.7 Å². The minimum Gasteiger partial charge on any atom is -0.423 e. The van der Waals surface area contributed by atoms with Crippen molar-refractivity contribution in [2.45, 2.75) is 13.8 Å². The van der Waals surface area contributed by atoms with Crippen LogP contribution >= 0.6 is 11.6 Å². The zero-order chi connectivity index (χ0) is 28.1. The van der Waals surface area contributed by atoms with Gasteiger partial charge in [-0.3, -0.25) is 9.59 Å². The van der Waals surface area contributed by atoms with E-state index >= 15 is 0 Å². The number of ketones is 2. The zero-order valence-corrected chi connectivity index (χ0v) is 21.3. The Bertz CT molecular complexity index is 1510. The van der Waals surface area contributed by atoms with Gasteiger partial charge >= 0.3 is 7.12 Å². The van der Waals surface area contributed by atoms with Gasteiger partial charge in [-0.2, -0.15) is 10.5 Å². The normalized spacial score (nSPS) is 9.34. The van der Waals surface area contributed by atoms with Crippen LogP contribution in [0.25, 0.3) is 11.3 Å². The Hall–Kier alpha value is -4.67. The molecule has 0 bridgehead atoms. The number of pyridine rings is 2. The minimum atomic E-state index is -1.51. The standard InChI is InChI=1S/C14H10N2O.C8H9BO3.C6H3ClN2/c1-10(17)11-4-2-5-12(8-11)14-7-3-6-13(9-15)16-14;1-6(10)7-3-2-4-8(5-7)9(11)12;7-6-3-1-2-5(4-8)9-6/h2-8H,1H3;2-5,11-12H,1H3;1-3H. The molecule has 4 rings (SSSR count). The second-order valence-corrected chi connectivity index (χ2v) is 8.06. The first-order valence-corrected chi connectivity index (χ1v) is 11.5. The van der Waals surface area contributed by atoms with Crippen LogP contribution in [0.5, 0.6) is 0 Å². The van der Waals surface area contributed by atoms with Crippen LogP contribution < -0.4 is 5.46 Å². The van der Waals surface area contributed by atoms with Crippen molar-refractivity contribution >= 4 is 35.7 Å². The molecule has 2 N–H and O–H groups in total. The lowest BCUT2D eigenvalue weighted by molar-refractivity contribution is 0.100. The van der Waals surface area contributed by atoms with Crippen LogP contribution in [-0.4, -0.2) is 38.7 Å². The number of benzene rings is 2. The number of nitriles is 2. The maximum atomic E-state index is 11.3. The molecule has 0 aliphatic carbocycles. The molecule has 188 valence electrons. The third kappa shape index (κ3) is 9.42. The van der Waals surface area contributed by atoms with E-state index in [0.717, 1.165) is 5.56 Å². The summed E-state index contributed by atoms with van der Waals surface area (Å²) in [5.41, 5.74) is 3.73. The highest BCUT2D eigenvalue weighted by molar-refractivity contribution is 6.58. The van der Waals surface area contributed by atoms with Crippen molar-refractivity contribution in [2.75, 3.05) is 0 Å². The molecule has 4 aromatic rings. The van der Waals surface area contributed by atoms with Crippen LogP contribution in [-0.2, 0) is 0 Å². The highest BCUT2D eigenvalue weighted by Crippen LogP contribution is 2.18. The minimum absolute atomic E-state index is 0.0169. The Morgan fingerprint density at radius 1 is 0.763 bits per heavy atom. The second-order valence-electron chi connectivity index (χ2n) is 7.67. The number of carbonyl (C=O) groups excluding carboxylic acids is 2. The molecule has 0 atom stereocenters. The lowest BCUT2D eigenvalue weighted by atomic mass is 9.79. The first kappa shape index (κ1) is 29.6. The molecular weight excluding hydrogens is 503 g/mol. The van der Waals surface area contributed by atoms with Crippen LogP contribution in [0.3, 0.4) is 0 Å². The van der Waals surface area contributed by atoms with Gasteiger partial charge in [-0.15, -0.1) is 0 Å². The molecule has 0 spiro atoms. The van der Waals surface area contributed by atoms with Crippen molar-refractivity contribution < 1.29 is 19.6 Å². The molecule has 10 heteroatoms. The van der Waals surface area contributed by atoms with Crippen LogP contribution in [0.2, 0.25) is 5.15 Å². The molecule has 8 nitrogen and oxygen atoms in total. The number of rotatable bonds is 4. The second kappa shape index (κ2) is 14.8. The lowest BCUT2D eigenvalue weighted by Gasteiger charge is -2.02. The Kier molecular flexibility index (Phi) is 11.5. The topological polar surface area (TPSA) is 148 Å². The van der Waals surface area contributed by atoms with Gasteiger partial charge in [-0.25, -0.2) is 9.97 Å². The van der Waals surface area contributed by atoms with E-state index in [1.165, 1.54) is 19.9 Å².